The van der Waals surface area contributed by atoms with Gasteiger partial charge in [0.2, 0.25) is 11.8 Å². The number of amides is 2. The molecule has 1 fully saturated rings. The van der Waals surface area contributed by atoms with Crippen LogP contribution in [0.2, 0.25) is 0 Å². The number of benzene rings is 2. The molecule has 134 valence electrons. The summed E-state index contributed by atoms with van der Waals surface area (Å²) in [6.07, 6.45) is 1.52. The zero-order valence-corrected chi connectivity index (χ0v) is 15.5. The lowest BCUT2D eigenvalue weighted by atomic mass is 10.1. The van der Waals surface area contributed by atoms with Gasteiger partial charge < -0.3 is 10.2 Å². The molecule has 3 unspecified atom stereocenters. The number of nitrogens with one attached hydrogen (secondary N) is 1. The molecule has 1 saturated carbocycles. The van der Waals surface area contributed by atoms with Crippen molar-refractivity contribution in [2.75, 3.05) is 10.2 Å². The second-order valence-corrected chi connectivity index (χ2v) is 7.65. The van der Waals surface area contributed by atoms with Crippen LogP contribution in [0.1, 0.15) is 30.0 Å². The van der Waals surface area contributed by atoms with E-state index in [0.717, 1.165) is 23.4 Å². The molecule has 1 heterocycles. The third-order valence-electron chi connectivity index (χ3n) is 5.53. The number of nitrogens with zero attached hydrogens (tertiary/aromatic N) is 1. The van der Waals surface area contributed by atoms with Crippen LogP contribution in [0, 0.1) is 25.7 Å². The Kier molecular flexibility index (Phi) is 4.06. The molecule has 0 aromatic heterocycles. The van der Waals surface area contributed by atoms with E-state index < -0.39 is 0 Å². The van der Waals surface area contributed by atoms with Gasteiger partial charge >= 0.3 is 0 Å². The van der Waals surface area contributed by atoms with Gasteiger partial charge in [-0.25, -0.2) is 0 Å². The number of carbonyl (C=O) groups excluding carboxylic acids is 2. The standard InChI is InChI=1S/C22H24N2O2/c1-13-8-9-19(14(2)10-13)23-21(25)17-12-18(17)22(26)24-15(3)11-16-6-4-5-7-20(16)24/h4-10,15,17-18H,11-12H2,1-3H3,(H,23,25). The topological polar surface area (TPSA) is 49.4 Å². The number of fused-ring (bicyclic) bond motifs is 1. The summed E-state index contributed by atoms with van der Waals surface area (Å²) >= 11 is 0. The molecule has 26 heavy (non-hydrogen) atoms. The second kappa shape index (κ2) is 6.27. The normalized spacial score (nSPS) is 23.5. The largest absolute Gasteiger partial charge is 0.326 e. The van der Waals surface area contributed by atoms with E-state index >= 15 is 0 Å². The predicted molar refractivity (Wildman–Crippen MR) is 103 cm³/mol. The molecule has 2 aromatic carbocycles. The molecule has 0 radical (unpaired) electrons. The van der Waals surface area contributed by atoms with Gasteiger partial charge in [-0.3, -0.25) is 9.59 Å². The molecular formula is C22H24N2O2. The van der Waals surface area contributed by atoms with Crippen LogP contribution in [-0.4, -0.2) is 17.9 Å². The number of hydrogen-bond acceptors (Lipinski definition) is 2. The first-order valence-corrected chi connectivity index (χ1v) is 9.25. The number of anilines is 2. The summed E-state index contributed by atoms with van der Waals surface area (Å²) in [5.74, 6) is -0.379. The first kappa shape index (κ1) is 16.8. The van der Waals surface area contributed by atoms with Gasteiger partial charge in [-0.15, -0.1) is 0 Å². The maximum atomic E-state index is 13.0. The average Bonchev–Trinajstić information content (AvgIpc) is 3.33. The fraction of sp³-hybridized carbons (Fsp3) is 0.364. The van der Waals surface area contributed by atoms with Crippen molar-refractivity contribution in [2.45, 2.75) is 39.7 Å². The number of para-hydroxylation sites is 1. The Balaban J connectivity index is 1.45. The van der Waals surface area contributed by atoms with Crippen LogP contribution >= 0.6 is 0 Å². The molecule has 0 bridgehead atoms. The highest BCUT2D eigenvalue weighted by molar-refractivity contribution is 6.05. The van der Waals surface area contributed by atoms with Crippen LogP contribution in [0.15, 0.2) is 42.5 Å². The van der Waals surface area contributed by atoms with Crippen LogP contribution in [0.3, 0.4) is 0 Å². The lowest BCUT2D eigenvalue weighted by Crippen LogP contribution is -2.37. The summed E-state index contributed by atoms with van der Waals surface area (Å²) in [4.78, 5) is 27.5. The van der Waals surface area contributed by atoms with Crippen molar-refractivity contribution in [3.8, 4) is 0 Å². The van der Waals surface area contributed by atoms with E-state index in [-0.39, 0.29) is 29.7 Å². The highest BCUT2D eigenvalue weighted by atomic mass is 16.2. The van der Waals surface area contributed by atoms with Crippen LogP contribution in [0.4, 0.5) is 11.4 Å². The quantitative estimate of drug-likeness (QED) is 0.916. The molecule has 2 amide bonds. The smallest absolute Gasteiger partial charge is 0.231 e. The van der Waals surface area contributed by atoms with Crippen LogP contribution in [-0.2, 0) is 16.0 Å². The van der Waals surface area contributed by atoms with E-state index in [1.54, 1.807) is 0 Å². The molecule has 1 aliphatic carbocycles. The molecule has 0 saturated heterocycles. The SMILES string of the molecule is Cc1ccc(NC(=O)C2CC2C(=O)N2c3ccccc3CC2C)c(C)c1. The first-order valence-electron chi connectivity index (χ1n) is 9.25. The monoisotopic (exact) mass is 348 g/mol. The molecule has 4 nitrogen and oxygen atoms in total. The van der Waals surface area contributed by atoms with Gasteiger partial charge in [0.1, 0.15) is 0 Å². The van der Waals surface area contributed by atoms with E-state index in [1.165, 1.54) is 11.1 Å². The lowest BCUT2D eigenvalue weighted by Gasteiger charge is -2.23. The third-order valence-corrected chi connectivity index (χ3v) is 5.53. The molecule has 4 rings (SSSR count). The van der Waals surface area contributed by atoms with Crippen LogP contribution in [0.25, 0.3) is 0 Å². The van der Waals surface area contributed by atoms with Crippen LogP contribution in [0.5, 0.6) is 0 Å². The van der Waals surface area contributed by atoms with Gasteiger partial charge in [-0.05, 0) is 56.9 Å². The first-order chi connectivity index (χ1) is 12.5. The number of hydrogen-bond donors (Lipinski definition) is 1. The van der Waals surface area contributed by atoms with Gasteiger partial charge in [0.05, 0.1) is 11.8 Å². The molecule has 2 aliphatic rings. The molecule has 1 N–H and O–H groups in total. The summed E-state index contributed by atoms with van der Waals surface area (Å²) in [5, 5.41) is 3.00. The molecule has 4 heteroatoms. The maximum Gasteiger partial charge on any atom is 0.231 e. The van der Waals surface area contributed by atoms with E-state index in [0.29, 0.717) is 6.42 Å². The Bertz CT molecular complexity index is 889. The summed E-state index contributed by atoms with van der Waals surface area (Å²) < 4.78 is 0. The second-order valence-electron chi connectivity index (χ2n) is 7.65. The minimum atomic E-state index is -0.219. The molecule has 1 aliphatic heterocycles. The number of rotatable bonds is 3. The van der Waals surface area contributed by atoms with Crippen molar-refractivity contribution in [1.29, 1.82) is 0 Å². The highest BCUT2D eigenvalue weighted by Gasteiger charge is 2.51. The van der Waals surface area contributed by atoms with Gasteiger partial charge in [0, 0.05) is 17.4 Å². The van der Waals surface area contributed by atoms with E-state index in [2.05, 4.69) is 18.3 Å². The van der Waals surface area contributed by atoms with E-state index in [4.69, 9.17) is 0 Å². The van der Waals surface area contributed by atoms with Crippen molar-refractivity contribution >= 4 is 23.2 Å². The van der Waals surface area contributed by atoms with Crippen molar-refractivity contribution in [1.82, 2.24) is 0 Å². The lowest BCUT2D eigenvalue weighted by molar-refractivity contribution is -0.123. The van der Waals surface area contributed by atoms with Crippen LogP contribution < -0.4 is 10.2 Å². The number of carbonyl (C=O) groups is 2. The van der Waals surface area contributed by atoms with Gasteiger partial charge in [-0.1, -0.05) is 35.9 Å². The zero-order chi connectivity index (χ0) is 18.4. The van der Waals surface area contributed by atoms with Gasteiger partial charge in [-0.2, -0.15) is 0 Å². The van der Waals surface area contributed by atoms with Crippen molar-refractivity contribution in [3.05, 3.63) is 59.2 Å². The highest BCUT2D eigenvalue weighted by Crippen LogP contribution is 2.44. The Morgan fingerprint density at radius 3 is 2.62 bits per heavy atom. The molecule has 2 aromatic rings. The zero-order valence-electron chi connectivity index (χ0n) is 15.5. The van der Waals surface area contributed by atoms with Crippen molar-refractivity contribution in [3.63, 3.8) is 0 Å². The molecule has 3 atom stereocenters. The van der Waals surface area contributed by atoms with E-state index in [9.17, 15) is 9.59 Å². The predicted octanol–water partition coefficient (Wildman–Crippen LogP) is 3.86. The van der Waals surface area contributed by atoms with E-state index in [1.807, 2.05) is 55.1 Å². The molecule has 0 spiro atoms. The maximum absolute atomic E-state index is 13.0. The van der Waals surface area contributed by atoms with Gasteiger partial charge in [0.15, 0.2) is 0 Å². The fourth-order valence-electron chi connectivity index (χ4n) is 4.02. The Hall–Kier alpha value is -2.62. The van der Waals surface area contributed by atoms with Crippen molar-refractivity contribution in [2.24, 2.45) is 11.8 Å². The summed E-state index contributed by atoms with van der Waals surface area (Å²) in [6, 6.07) is 14.2. The molecular weight excluding hydrogens is 324 g/mol. The number of aryl methyl sites for hydroxylation is 2. The third kappa shape index (κ3) is 2.90. The minimum absolute atomic E-state index is 0.0459. The minimum Gasteiger partial charge on any atom is -0.326 e. The van der Waals surface area contributed by atoms with Gasteiger partial charge in [0.25, 0.3) is 0 Å². The average molecular weight is 348 g/mol. The summed E-state index contributed by atoms with van der Waals surface area (Å²) in [7, 11) is 0. The fourth-order valence-corrected chi connectivity index (χ4v) is 4.02. The summed E-state index contributed by atoms with van der Waals surface area (Å²) in [5.41, 5.74) is 5.26. The summed E-state index contributed by atoms with van der Waals surface area (Å²) in [6.45, 7) is 6.09. The Morgan fingerprint density at radius 1 is 1.08 bits per heavy atom. The Labute approximate surface area is 154 Å². The van der Waals surface area contributed by atoms with Crippen molar-refractivity contribution < 1.29 is 9.59 Å². The Morgan fingerprint density at radius 2 is 1.85 bits per heavy atom.